The highest BCUT2D eigenvalue weighted by Gasteiger charge is 2.20. The van der Waals surface area contributed by atoms with E-state index in [1.807, 2.05) is 0 Å². The van der Waals surface area contributed by atoms with E-state index >= 15 is 0 Å². The Morgan fingerprint density at radius 3 is 2.88 bits per heavy atom. The van der Waals surface area contributed by atoms with Crippen molar-refractivity contribution in [1.29, 1.82) is 0 Å². The predicted molar refractivity (Wildman–Crippen MR) is 71.5 cm³/mol. The Morgan fingerprint density at radius 1 is 1.18 bits per heavy atom. The molecule has 1 saturated heterocycles. The van der Waals surface area contributed by atoms with Crippen molar-refractivity contribution in [2.24, 2.45) is 0 Å². The number of nitrogens with zero attached hydrogens (tertiary/aromatic N) is 1. The molecule has 2 aliphatic rings. The van der Waals surface area contributed by atoms with Crippen LogP contribution in [0.1, 0.15) is 12.0 Å². The Bertz CT molecular complexity index is 371. The summed E-state index contributed by atoms with van der Waals surface area (Å²) < 4.78 is 0. The van der Waals surface area contributed by atoms with Crippen molar-refractivity contribution < 1.29 is 0 Å². The van der Waals surface area contributed by atoms with Gasteiger partial charge < -0.3 is 10.6 Å². The maximum atomic E-state index is 3.68. The van der Waals surface area contributed by atoms with Gasteiger partial charge in [0.25, 0.3) is 0 Å². The number of benzene rings is 1. The SMILES string of the molecule is c1ccc2c(c1)CCC(CN1CCNCC1)N2. The van der Waals surface area contributed by atoms with E-state index in [-0.39, 0.29) is 0 Å². The number of para-hydroxylation sites is 1. The van der Waals surface area contributed by atoms with Crippen LogP contribution in [0.2, 0.25) is 0 Å². The molecule has 3 nitrogen and oxygen atoms in total. The monoisotopic (exact) mass is 231 g/mol. The van der Waals surface area contributed by atoms with Gasteiger partial charge in [0.2, 0.25) is 0 Å². The van der Waals surface area contributed by atoms with E-state index in [1.165, 1.54) is 43.7 Å². The molecule has 2 heterocycles. The Balaban J connectivity index is 1.60. The van der Waals surface area contributed by atoms with E-state index < -0.39 is 0 Å². The van der Waals surface area contributed by atoms with Crippen LogP contribution in [-0.4, -0.2) is 43.7 Å². The lowest BCUT2D eigenvalue weighted by Crippen LogP contribution is -2.48. The second-order valence-corrected chi connectivity index (χ2v) is 5.09. The van der Waals surface area contributed by atoms with Gasteiger partial charge in [-0.3, -0.25) is 4.90 Å². The number of piperazine rings is 1. The average Bonchev–Trinajstić information content (AvgIpc) is 2.40. The fraction of sp³-hybridized carbons (Fsp3) is 0.571. The summed E-state index contributed by atoms with van der Waals surface area (Å²) in [5.74, 6) is 0. The molecule has 3 heteroatoms. The second kappa shape index (κ2) is 5.07. The molecule has 0 aromatic heterocycles. The maximum Gasteiger partial charge on any atom is 0.0391 e. The first kappa shape index (κ1) is 11.1. The third-order valence-corrected chi connectivity index (χ3v) is 3.83. The Hall–Kier alpha value is -1.06. The zero-order valence-corrected chi connectivity index (χ0v) is 10.3. The van der Waals surface area contributed by atoms with Crippen LogP contribution < -0.4 is 10.6 Å². The molecule has 0 aliphatic carbocycles. The number of hydrogen-bond acceptors (Lipinski definition) is 3. The van der Waals surface area contributed by atoms with Crippen LogP contribution in [0.15, 0.2) is 24.3 Å². The summed E-state index contributed by atoms with van der Waals surface area (Å²) in [4.78, 5) is 2.57. The minimum absolute atomic E-state index is 0.628. The molecule has 0 saturated carbocycles. The molecule has 2 N–H and O–H groups in total. The van der Waals surface area contributed by atoms with Gasteiger partial charge in [-0.05, 0) is 24.5 Å². The molecule has 1 fully saturated rings. The lowest BCUT2D eigenvalue weighted by molar-refractivity contribution is 0.228. The van der Waals surface area contributed by atoms with E-state index in [1.54, 1.807) is 0 Å². The molecule has 92 valence electrons. The van der Waals surface area contributed by atoms with Gasteiger partial charge in [-0.25, -0.2) is 0 Å². The fourth-order valence-electron chi connectivity index (χ4n) is 2.84. The van der Waals surface area contributed by atoms with Gasteiger partial charge in [-0.1, -0.05) is 18.2 Å². The maximum absolute atomic E-state index is 3.68. The normalized spacial score (nSPS) is 25.1. The Morgan fingerprint density at radius 2 is 2.00 bits per heavy atom. The van der Waals surface area contributed by atoms with Crippen molar-refractivity contribution in [3.8, 4) is 0 Å². The largest absolute Gasteiger partial charge is 0.381 e. The number of anilines is 1. The molecule has 0 radical (unpaired) electrons. The molecule has 0 bridgehead atoms. The highest BCUT2D eigenvalue weighted by atomic mass is 15.2. The van der Waals surface area contributed by atoms with Crippen LogP contribution >= 0.6 is 0 Å². The molecular formula is C14H21N3. The molecule has 17 heavy (non-hydrogen) atoms. The van der Waals surface area contributed by atoms with Gasteiger partial charge in [0.1, 0.15) is 0 Å². The van der Waals surface area contributed by atoms with Crippen LogP contribution in [0.3, 0.4) is 0 Å². The topological polar surface area (TPSA) is 27.3 Å². The smallest absolute Gasteiger partial charge is 0.0391 e. The van der Waals surface area contributed by atoms with Crippen LogP contribution in [0.4, 0.5) is 5.69 Å². The third-order valence-electron chi connectivity index (χ3n) is 3.83. The second-order valence-electron chi connectivity index (χ2n) is 5.09. The zero-order valence-electron chi connectivity index (χ0n) is 10.3. The summed E-state index contributed by atoms with van der Waals surface area (Å²) in [6.07, 6.45) is 2.49. The van der Waals surface area contributed by atoms with Gasteiger partial charge in [-0.2, -0.15) is 0 Å². The first-order valence-corrected chi connectivity index (χ1v) is 6.69. The van der Waals surface area contributed by atoms with E-state index in [2.05, 4.69) is 39.8 Å². The van der Waals surface area contributed by atoms with Crippen molar-refractivity contribution in [3.63, 3.8) is 0 Å². The van der Waals surface area contributed by atoms with E-state index in [9.17, 15) is 0 Å². The van der Waals surface area contributed by atoms with E-state index in [0.29, 0.717) is 6.04 Å². The lowest BCUT2D eigenvalue weighted by atomic mass is 9.98. The van der Waals surface area contributed by atoms with Crippen LogP contribution in [0.25, 0.3) is 0 Å². The molecular weight excluding hydrogens is 210 g/mol. The van der Waals surface area contributed by atoms with Crippen LogP contribution in [-0.2, 0) is 6.42 Å². The van der Waals surface area contributed by atoms with Crippen LogP contribution in [0.5, 0.6) is 0 Å². The minimum Gasteiger partial charge on any atom is -0.381 e. The summed E-state index contributed by atoms with van der Waals surface area (Å²) >= 11 is 0. The third kappa shape index (κ3) is 2.61. The molecule has 1 aromatic carbocycles. The predicted octanol–water partition coefficient (Wildman–Crippen LogP) is 1.32. The van der Waals surface area contributed by atoms with Crippen LogP contribution in [0, 0.1) is 0 Å². The quantitative estimate of drug-likeness (QED) is 0.804. The minimum atomic E-state index is 0.628. The van der Waals surface area contributed by atoms with Gasteiger partial charge in [0.15, 0.2) is 0 Å². The number of rotatable bonds is 2. The summed E-state index contributed by atoms with van der Waals surface area (Å²) in [5, 5.41) is 7.09. The molecule has 1 aromatic rings. The van der Waals surface area contributed by atoms with Gasteiger partial charge in [0.05, 0.1) is 0 Å². The molecule has 0 amide bonds. The lowest BCUT2D eigenvalue weighted by Gasteiger charge is -2.34. The molecule has 0 spiro atoms. The first-order valence-electron chi connectivity index (χ1n) is 6.69. The summed E-state index contributed by atoms with van der Waals surface area (Å²) in [5.41, 5.74) is 2.82. The fourth-order valence-corrected chi connectivity index (χ4v) is 2.84. The van der Waals surface area contributed by atoms with E-state index in [4.69, 9.17) is 0 Å². The number of aryl methyl sites for hydroxylation is 1. The highest BCUT2D eigenvalue weighted by Crippen LogP contribution is 2.24. The van der Waals surface area contributed by atoms with Crippen molar-refractivity contribution in [1.82, 2.24) is 10.2 Å². The standard InChI is InChI=1S/C14H21N3/c1-2-4-14-12(3-1)5-6-13(16-14)11-17-9-7-15-8-10-17/h1-4,13,15-16H,5-11H2. The van der Waals surface area contributed by atoms with Crippen molar-refractivity contribution in [2.75, 3.05) is 38.0 Å². The molecule has 1 unspecified atom stereocenters. The Kier molecular flexibility index (Phi) is 3.29. The molecule has 1 atom stereocenters. The number of fused-ring (bicyclic) bond motifs is 1. The molecule has 2 aliphatic heterocycles. The van der Waals surface area contributed by atoms with Gasteiger partial charge in [-0.15, -0.1) is 0 Å². The first-order chi connectivity index (χ1) is 8.42. The summed E-state index contributed by atoms with van der Waals surface area (Å²) in [6, 6.07) is 9.33. The van der Waals surface area contributed by atoms with E-state index in [0.717, 1.165) is 13.1 Å². The average molecular weight is 231 g/mol. The Labute approximate surface area is 103 Å². The molecule has 3 rings (SSSR count). The van der Waals surface area contributed by atoms with Crippen molar-refractivity contribution >= 4 is 5.69 Å². The number of nitrogens with one attached hydrogen (secondary N) is 2. The highest BCUT2D eigenvalue weighted by molar-refractivity contribution is 5.53. The number of hydrogen-bond donors (Lipinski definition) is 2. The summed E-state index contributed by atoms with van der Waals surface area (Å²) in [7, 11) is 0. The van der Waals surface area contributed by atoms with Gasteiger partial charge in [0, 0.05) is 44.5 Å². The zero-order chi connectivity index (χ0) is 11.5. The van der Waals surface area contributed by atoms with Crippen molar-refractivity contribution in [2.45, 2.75) is 18.9 Å². The van der Waals surface area contributed by atoms with Crippen molar-refractivity contribution in [3.05, 3.63) is 29.8 Å². The summed E-state index contributed by atoms with van der Waals surface area (Å²) in [6.45, 7) is 5.86. The van der Waals surface area contributed by atoms with Gasteiger partial charge >= 0.3 is 0 Å².